The summed E-state index contributed by atoms with van der Waals surface area (Å²) in [7, 11) is 1.69. The Morgan fingerprint density at radius 1 is 1.10 bits per heavy atom. The van der Waals surface area contributed by atoms with Crippen LogP contribution in [0.1, 0.15) is 28.4 Å². The number of halogens is 1. The Balaban J connectivity index is 1.72. The standard InChI is InChI=1S/C22H18ClN5O3/c1-3-27-20-17(22(29)26(2)18-10-11-19(23)25-21(18)27)12-15(13-24-20)5-4-14-6-8-16(9-7-14)28(30)31/h4-13H,3H2,1-2H3/b5-4+. The molecular formula is C22H18ClN5O3. The molecule has 2 aromatic heterocycles. The number of carbonyl (C=O) groups excluding carboxylic acids is 1. The van der Waals surface area contributed by atoms with Gasteiger partial charge in [-0.05, 0) is 48.4 Å². The van der Waals surface area contributed by atoms with Crippen LogP contribution in [0.2, 0.25) is 5.15 Å². The predicted octanol–water partition coefficient (Wildman–Crippen LogP) is 4.96. The van der Waals surface area contributed by atoms with Gasteiger partial charge in [0.2, 0.25) is 0 Å². The van der Waals surface area contributed by atoms with Crippen LogP contribution in [0.3, 0.4) is 0 Å². The highest BCUT2D eigenvalue weighted by Gasteiger charge is 2.30. The molecule has 1 amide bonds. The molecule has 31 heavy (non-hydrogen) atoms. The number of nitro benzene ring substituents is 1. The number of nitrogens with zero attached hydrogens (tertiary/aromatic N) is 5. The normalized spacial score (nSPS) is 13.2. The van der Waals surface area contributed by atoms with Gasteiger partial charge in [0.1, 0.15) is 11.0 Å². The van der Waals surface area contributed by atoms with Crippen LogP contribution in [0.25, 0.3) is 12.2 Å². The maximum absolute atomic E-state index is 13.2. The molecule has 0 aliphatic carbocycles. The van der Waals surface area contributed by atoms with Crippen LogP contribution in [-0.2, 0) is 0 Å². The van der Waals surface area contributed by atoms with Crippen molar-refractivity contribution in [3.63, 3.8) is 0 Å². The van der Waals surface area contributed by atoms with Gasteiger partial charge in [0.15, 0.2) is 5.82 Å². The topological polar surface area (TPSA) is 92.5 Å². The minimum absolute atomic E-state index is 0.0328. The molecule has 3 aromatic rings. The van der Waals surface area contributed by atoms with E-state index in [2.05, 4.69) is 9.97 Å². The van der Waals surface area contributed by atoms with Gasteiger partial charge in [0.25, 0.3) is 11.6 Å². The Kier molecular flexibility index (Phi) is 5.39. The average Bonchev–Trinajstić information content (AvgIpc) is 2.85. The minimum atomic E-state index is -0.439. The van der Waals surface area contributed by atoms with Gasteiger partial charge < -0.3 is 9.80 Å². The summed E-state index contributed by atoms with van der Waals surface area (Å²) in [6.07, 6.45) is 5.29. The quantitative estimate of drug-likeness (QED) is 0.327. The molecule has 3 heterocycles. The highest BCUT2D eigenvalue weighted by molar-refractivity contribution is 6.29. The van der Waals surface area contributed by atoms with Crippen molar-refractivity contribution in [1.82, 2.24) is 9.97 Å². The Labute approximate surface area is 183 Å². The number of fused-ring (bicyclic) bond motifs is 2. The molecule has 1 aromatic carbocycles. The lowest BCUT2D eigenvalue weighted by molar-refractivity contribution is -0.384. The van der Waals surface area contributed by atoms with Crippen molar-refractivity contribution in [1.29, 1.82) is 0 Å². The van der Waals surface area contributed by atoms with E-state index in [9.17, 15) is 14.9 Å². The largest absolute Gasteiger partial charge is 0.309 e. The first-order chi connectivity index (χ1) is 14.9. The molecule has 4 rings (SSSR count). The average molecular weight is 436 g/mol. The number of non-ortho nitro benzene ring substituents is 1. The molecule has 1 aliphatic rings. The number of hydrogen-bond donors (Lipinski definition) is 0. The molecule has 0 spiro atoms. The fourth-order valence-electron chi connectivity index (χ4n) is 3.41. The first-order valence-corrected chi connectivity index (χ1v) is 9.91. The van der Waals surface area contributed by atoms with Crippen LogP contribution in [0.15, 0.2) is 48.7 Å². The van der Waals surface area contributed by atoms with Crippen molar-refractivity contribution in [2.75, 3.05) is 23.4 Å². The Morgan fingerprint density at radius 3 is 2.48 bits per heavy atom. The SMILES string of the molecule is CCN1c2ncc(/C=C/c3ccc([N+](=O)[O-])cc3)cc2C(=O)N(C)c2ccc(Cl)nc21. The van der Waals surface area contributed by atoms with Gasteiger partial charge in [0.05, 0.1) is 16.2 Å². The summed E-state index contributed by atoms with van der Waals surface area (Å²) < 4.78 is 0. The maximum atomic E-state index is 13.2. The third-order valence-electron chi connectivity index (χ3n) is 5.00. The lowest BCUT2D eigenvalue weighted by atomic mass is 10.1. The molecule has 0 saturated carbocycles. The van der Waals surface area contributed by atoms with E-state index < -0.39 is 4.92 Å². The molecule has 0 N–H and O–H groups in total. The summed E-state index contributed by atoms with van der Waals surface area (Å²) in [5.41, 5.74) is 2.66. The molecule has 0 radical (unpaired) electrons. The number of pyridine rings is 2. The van der Waals surface area contributed by atoms with Crippen molar-refractivity contribution in [3.8, 4) is 0 Å². The summed E-state index contributed by atoms with van der Waals surface area (Å²) >= 11 is 6.11. The Bertz CT molecular complexity index is 1210. The lowest BCUT2D eigenvalue weighted by Gasteiger charge is -2.22. The van der Waals surface area contributed by atoms with E-state index in [0.717, 1.165) is 11.1 Å². The first-order valence-electron chi connectivity index (χ1n) is 9.53. The number of aromatic nitrogens is 2. The Hall–Kier alpha value is -3.78. The molecule has 156 valence electrons. The molecule has 8 nitrogen and oxygen atoms in total. The van der Waals surface area contributed by atoms with Gasteiger partial charge in [0, 0.05) is 31.9 Å². The number of hydrogen-bond acceptors (Lipinski definition) is 6. The molecule has 0 atom stereocenters. The van der Waals surface area contributed by atoms with Gasteiger partial charge in [-0.3, -0.25) is 14.9 Å². The van der Waals surface area contributed by atoms with Crippen LogP contribution in [-0.4, -0.2) is 34.4 Å². The lowest BCUT2D eigenvalue weighted by Crippen LogP contribution is -2.25. The number of carbonyl (C=O) groups is 1. The highest BCUT2D eigenvalue weighted by atomic mass is 35.5. The van der Waals surface area contributed by atoms with Crippen LogP contribution in [0.4, 0.5) is 23.0 Å². The molecule has 0 bridgehead atoms. The van der Waals surface area contributed by atoms with E-state index in [1.165, 1.54) is 12.1 Å². The first kappa shape index (κ1) is 20.5. The van der Waals surface area contributed by atoms with Gasteiger partial charge in [-0.15, -0.1) is 0 Å². The smallest absolute Gasteiger partial charge is 0.269 e. The van der Waals surface area contributed by atoms with E-state index in [1.54, 1.807) is 48.5 Å². The number of benzene rings is 1. The van der Waals surface area contributed by atoms with Crippen molar-refractivity contribution in [2.45, 2.75) is 6.92 Å². The fourth-order valence-corrected chi connectivity index (χ4v) is 3.55. The van der Waals surface area contributed by atoms with E-state index in [-0.39, 0.29) is 11.6 Å². The monoisotopic (exact) mass is 435 g/mol. The number of amides is 1. The van der Waals surface area contributed by atoms with Crippen molar-refractivity contribution >= 4 is 52.7 Å². The van der Waals surface area contributed by atoms with Crippen molar-refractivity contribution in [2.24, 2.45) is 0 Å². The summed E-state index contributed by atoms with van der Waals surface area (Å²) in [6.45, 7) is 2.51. The second-order valence-electron chi connectivity index (χ2n) is 6.91. The maximum Gasteiger partial charge on any atom is 0.269 e. The number of nitro groups is 1. The van der Waals surface area contributed by atoms with Crippen LogP contribution in [0, 0.1) is 10.1 Å². The zero-order valence-corrected chi connectivity index (χ0v) is 17.6. The summed E-state index contributed by atoms with van der Waals surface area (Å²) in [5.74, 6) is 0.890. The molecule has 0 fully saturated rings. The zero-order valence-electron chi connectivity index (χ0n) is 16.8. The fraction of sp³-hybridized carbons (Fsp3) is 0.136. The third-order valence-corrected chi connectivity index (χ3v) is 5.21. The predicted molar refractivity (Wildman–Crippen MR) is 121 cm³/mol. The van der Waals surface area contributed by atoms with Gasteiger partial charge in [-0.1, -0.05) is 23.8 Å². The van der Waals surface area contributed by atoms with E-state index in [0.29, 0.717) is 34.6 Å². The van der Waals surface area contributed by atoms with Crippen LogP contribution < -0.4 is 9.80 Å². The third kappa shape index (κ3) is 3.85. The zero-order chi connectivity index (χ0) is 22.1. The molecule has 1 aliphatic heterocycles. The minimum Gasteiger partial charge on any atom is -0.309 e. The molecule has 0 unspecified atom stereocenters. The van der Waals surface area contributed by atoms with Gasteiger partial charge >= 0.3 is 0 Å². The molecular weight excluding hydrogens is 418 g/mol. The van der Waals surface area contributed by atoms with Crippen LogP contribution in [0.5, 0.6) is 0 Å². The number of anilines is 3. The van der Waals surface area contributed by atoms with Crippen molar-refractivity contribution in [3.05, 3.63) is 80.6 Å². The van der Waals surface area contributed by atoms with E-state index >= 15 is 0 Å². The molecule has 0 saturated heterocycles. The summed E-state index contributed by atoms with van der Waals surface area (Å²) in [5, 5.41) is 11.1. The van der Waals surface area contributed by atoms with E-state index in [4.69, 9.17) is 11.6 Å². The van der Waals surface area contributed by atoms with Gasteiger partial charge in [-0.25, -0.2) is 9.97 Å². The Morgan fingerprint density at radius 2 is 1.81 bits per heavy atom. The van der Waals surface area contributed by atoms with E-state index in [1.807, 2.05) is 24.0 Å². The summed E-state index contributed by atoms with van der Waals surface area (Å²) in [6, 6.07) is 11.4. The second-order valence-corrected chi connectivity index (χ2v) is 7.29. The second kappa shape index (κ2) is 8.16. The number of rotatable bonds is 4. The highest BCUT2D eigenvalue weighted by Crippen LogP contribution is 2.38. The van der Waals surface area contributed by atoms with Crippen LogP contribution >= 0.6 is 11.6 Å². The summed E-state index contributed by atoms with van der Waals surface area (Å²) in [4.78, 5) is 35.9. The van der Waals surface area contributed by atoms with Gasteiger partial charge in [-0.2, -0.15) is 0 Å². The van der Waals surface area contributed by atoms with Crippen molar-refractivity contribution < 1.29 is 9.72 Å². The molecule has 9 heteroatoms.